The number of carbonyl (C=O) groups excluding carboxylic acids is 1. The molecule has 15 heavy (non-hydrogen) atoms. The molecule has 0 radical (unpaired) electrons. The molecule has 4 nitrogen and oxygen atoms in total. The molecule has 88 valence electrons. The molecular weight excluding hydrogens is 190 g/mol. The summed E-state index contributed by atoms with van der Waals surface area (Å²) in [5, 5.41) is 0. The van der Waals surface area contributed by atoms with E-state index in [0.717, 1.165) is 6.42 Å². The molecule has 4 N–H and O–H groups in total. The number of hydrogen-bond acceptors (Lipinski definition) is 3. The molecule has 0 aromatic heterocycles. The summed E-state index contributed by atoms with van der Waals surface area (Å²) in [7, 11) is 0. The number of nitrogens with zero attached hydrogens (tertiary/aromatic N) is 1. The van der Waals surface area contributed by atoms with E-state index in [1.807, 2.05) is 0 Å². The average Bonchev–Trinajstić information content (AvgIpc) is 2.47. The van der Waals surface area contributed by atoms with E-state index in [2.05, 4.69) is 18.7 Å². The number of rotatable bonds is 4. The van der Waals surface area contributed by atoms with Crippen LogP contribution < -0.4 is 11.5 Å². The maximum absolute atomic E-state index is 11.2. The Bertz CT molecular complexity index is 240. The Kier molecular flexibility index (Phi) is 3.73. The second kappa shape index (κ2) is 4.49. The Morgan fingerprint density at radius 2 is 2.13 bits per heavy atom. The third-order valence-electron chi connectivity index (χ3n) is 3.50. The van der Waals surface area contributed by atoms with Gasteiger partial charge in [-0.25, -0.2) is 0 Å². The molecular formula is C11H23N3O. The van der Waals surface area contributed by atoms with Gasteiger partial charge in [0.1, 0.15) is 5.54 Å². The molecule has 1 saturated heterocycles. The number of nitrogens with two attached hydrogens (primary N) is 2. The fourth-order valence-corrected chi connectivity index (χ4v) is 2.31. The molecule has 3 atom stereocenters. The van der Waals surface area contributed by atoms with E-state index in [9.17, 15) is 4.79 Å². The van der Waals surface area contributed by atoms with Crippen molar-refractivity contribution >= 4 is 5.91 Å². The number of hydrogen-bond donors (Lipinski definition) is 2. The van der Waals surface area contributed by atoms with Crippen LogP contribution >= 0.6 is 0 Å². The van der Waals surface area contributed by atoms with Gasteiger partial charge in [0.05, 0.1) is 0 Å². The summed E-state index contributed by atoms with van der Waals surface area (Å²) in [6, 6.07) is 1.07. The van der Waals surface area contributed by atoms with Gasteiger partial charge in [0, 0.05) is 18.6 Å². The molecule has 4 heteroatoms. The predicted molar refractivity (Wildman–Crippen MR) is 61.3 cm³/mol. The zero-order chi connectivity index (χ0) is 11.6. The van der Waals surface area contributed by atoms with Crippen molar-refractivity contribution in [3.05, 3.63) is 0 Å². The molecule has 1 aliphatic heterocycles. The highest BCUT2D eigenvalue weighted by Crippen LogP contribution is 2.27. The SMILES string of the molecule is CCC1CCC(C)N1CC(C)(N)C(N)=O. The van der Waals surface area contributed by atoms with Crippen molar-refractivity contribution in [3.8, 4) is 0 Å². The Labute approximate surface area is 92.0 Å². The van der Waals surface area contributed by atoms with E-state index in [4.69, 9.17) is 11.5 Å². The average molecular weight is 213 g/mol. The minimum Gasteiger partial charge on any atom is -0.368 e. The highest BCUT2D eigenvalue weighted by atomic mass is 16.1. The van der Waals surface area contributed by atoms with E-state index in [1.165, 1.54) is 12.8 Å². The normalized spacial score (nSPS) is 31.5. The Morgan fingerprint density at radius 3 is 2.60 bits per heavy atom. The van der Waals surface area contributed by atoms with Gasteiger partial charge < -0.3 is 11.5 Å². The smallest absolute Gasteiger partial charge is 0.238 e. The minimum atomic E-state index is -0.911. The summed E-state index contributed by atoms with van der Waals surface area (Å²) in [5.41, 5.74) is 10.3. The van der Waals surface area contributed by atoms with Crippen LogP contribution in [0.1, 0.15) is 40.0 Å². The molecule has 0 spiro atoms. The largest absolute Gasteiger partial charge is 0.368 e. The van der Waals surface area contributed by atoms with Crippen LogP contribution in [0, 0.1) is 0 Å². The highest BCUT2D eigenvalue weighted by Gasteiger charge is 2.36. The lowest BCUT2D eigenvalue weighted by atomic mass is 10.0. The molecule has 1 amide bonds. The quantitative estimate of drug-likeness (QED) is 0.712. The van der Waals surface area contributed by atoms with Crippen molar-refractivity contribution in [3.63, 3.8) is 0 Å². The van der Waals surface area contributed by atoms with Gasteiger partial charge in [0.15, 0.2) is 0 Å². The molecule has 1 rings (SSSR count). The molecule has 0 aromatic carbocycles. The minimum absolute atomic E-state index is 0.420. The lowest BCUT2D eigenvalue weighted by molar-refractivity contribution is -0.123. The fraction of sp³-hybridized carbons (Fsp3) is 0.909. The van der Waals surface area contributed by atoms with Gasteiger partial charge in [-0.05, 0) is 33.1 Å². The summed E-state index contributed by atoms with van der Waals surface area (Å²) in [4.78, 5) is 13.5. The van der Waals surface area contributed by atoms with Crippen molar-refractivity contribution in [2.45, 2.75) is 57.7 Å². The van der Waals surface area contributed by atoms with Crippen LogP contribution in [0.5, 0.6) is 0 Å². The zero-order valence-electron chi connectivity index (χ0n) is 9.99. The molecule has 1 fully saturated rings. The van der Waals surface area contributed by atoms with Crippen molar-refractivity contribution in [1.29, 1.82) is 0 Å². The Balaban J connectivity index is 2.67. The van der Waals surface area contributed by atoms with Crippen molar-refractivity contribution < 1.29 is 4.79 Å². The Morgan fingerprint density at radius 1 is 1.53 bits per heavy atom. The summed E-state index contributed by atoms with van der Waals surface area (Å²) in [6.07, 6.45) is 3.50. The zero-order valence-corrected chi connectivity index (χ0v) is 9.99. The monoisotopic (exact) mass is 213 g/mol. The number of primary amides is 1. The van der Waals surface area contributed by atoms with Crippen molar-refractivity contribution in [2.24, 2.45) is 11.5 Å². The molecule has 0 saturated carbocycles. The van der Waals surface area contributed by atoms with E-state index >= 15 is 0 Å². The van der Waals surface area contributed by atoms with Crippen LogP contribution in [-0.4, -0.2) is 35.0 Å². The Hall–Kier alpha value is -0.610. The maximum atomic E-state index is 11.2. The third kappa shape index (κ3) is 2.69. The summed E-state index contributed by atoms with van der Waals surface area (Å²) in [5.74, 6) is -0.420. The van der Waals surface area contributed by atoms with E-state index in [-0.39, 0.29) is 0 Å². The summed E-state index contributed by atoms with van der Waals surface area (Å²) < 4.78 is 0. The maximum Gasteiger partial charge on any atom is 0.238 e. The summed E-state index contributed by atoms with van der Waals surface area (Å²) in [6.45, 7) is 6.65. The molecule has 0 aromatic rings. The van der Waals surface area contributed by atoms with Crippen LogP contribution in [0.15, 0.2) is 0 Å². The number of likely N-dealkylation sites (tertiary alicyclic amines) is 1. The molecule has 1 aliphatic rings. The van der Waals surface area contributed by atoms with Gasteiger partial charge in [-0.3, -0.25) is 9.69 Å². The second-order valence-electron chi connectivity index (χ2n) is 4.94. The fourth-order valence-electron chi connectivity index (χ4n) is 2.31. The lowest BCUT2D eigenvalue weighted by Crippen LogP contribution is -2.58. The predicted octanol–water partition coefficient (Wildman–Crippen LogP) is 0.452. The topological polar surface area (TPSA) is 72.3 Å². The highest BCUT2D eigenvalue weighted by molar-refractivity contribution is 5.84. The van der Waals surface area contributed by atoms with Gasteiger partial charge in [-0.1, -0.05) is 6.92 Å². The third-order valence-corrected chi connectivity index (χ3v) is 3.50. The van der Waals surface area contributed by atoms with Crippen LogP contribution in [0.2, 0.25) is 0 Å². The van der Waals surface area contributed by atoms with Crippen LogP contribution in [0.25, 0.3) is 0 Å². The van der Waals surface area contributed by atoms with Crippen LogP contribution in [0.3, 0.4) is 0 Å². The molecule has 1 heterocycles. The molecule has 3 unspecified atom stereocenters. The van der Waals surface area contributed by atoms with Gasteiger partial charge in [0.2, 0.25) is 5.91 Å². The standard InChI is InChI=1S/C11H23N3O/c1-4-9-6-5-8(2)14(9)7-11(3,13)10(12)15/h8-9H,4-7,13H2,1-3H3,(H2,12,15). The number of carbonyl (C=O) groups is 1. The first-order chi connectivity index (χ1) is 6.88. The van der Waals surface area contributed by atoms with Crippen LogP contribution in [-0.2, 0) is 4.79 Å². The van der Waals surface area contributed by atoms with E-state index in [0.29, 0.717) is 18.6 Å². The van der Waals surface area contributed by atoms with E-state index < -0.39 is 11.4 Å². The van der Waals surface area contributed by atoms with E-state index in [1.54, 1.807) is 6.92 Å². The first kappa shape index (κ1) is 12.5. The van der Waals surface area contributed by atoms with Gasteiger partial charge in [-0.15, -0.1) is 0 Å². The second-order valence-corrected chi connectivity index (χ2v) is 4.94. The van der Waals surface area contributed by atoms with Crippen LogP contribution in [0.4, 0.5) is 0 Å². The van der Waals surface area contributed by atoms with Gasteiger partial charge >= 0.3 is 0 Å². The van der Waals surface area contributed by atoms with Gasteiger partial charge in [0.25, 0.3) is 0 Å². The summed E-state index contributed by atoms with van der Waals surface area (Å²) >= 11 is 0. The first-order valence-corrected chi connectivity index (χ1v) is 5.73. The first-order valence-electron chi connectivity index (χ1n) is 5.73. The van der Waals surface area contributed by atoms with Gasteiger partial charge in [-0.2, -0.15) is 0 Å². The van der Waals surface area contributed by atoms with Crippen molar-refractivity contribution in [2.75, 3.05) is 6.54 Å². The number of amides is 1. The lowest BCUT2D eigenvalue weighted by Gasteiger charge is -2.34. The van der Waals surface area contributed by atoms with Crippen molar-refractivity contribution in [1.82, 2.24) is 4.90 Å². The molecule has 0 aliphatic carbocycles. The molecule has 0 bridgehead atoms.